The van der Waals surface area contributed by atoms with Gasteiger partial charge in [0, 0.05) is 29.2 Å². The van der Waals surface area contributed by atoms with E-state index in [1.807, 2.05) is 85.0 Å². The second kappa shape index (κ2) is 6.21. The Hall–Kier alpha value is -4.12. The first-order chi connectivity index (χ1) is 14.3. The number of hydrogen-bond donors (Lipinski definition) is 1. The summed E-state index contributed by atoms with van der Waals surface area (Å²) in [4.78, 5) is 12.6. The average Bonchev–Trinajstić information content (AvgIpc) is 3.50. The van der Waals surface area contributed by atoms with Gasteiger partial charge >= 0.3 is 0 Å². The molecule has 0 atom stereocenters. The summed E-state index contributed by atoms with van der Waals surface area (Å²) < 4.78 is 11.9. The van der Waals surface area contributed by atoms with E-state index in [1.165, 1.54) is 0 Å². The highest BCUT2D eigenvalue weighted by Crippen LogP contribution is 2.21. The van der Waals surface area contributed by atoms with Crippen LogP contribution in [0.2, 0.25) is 0 Å². The van der Waals surface area contributed by atoms with Crippen LogP contribution in [0.15, 0.2) is 69.5 Å². The van der Waals surface area contributed by atoms with Crippen molar-refractivity contribution in [1.82, 2.24) is 15.0 Å². The minimum Gasteiger partial charge on any atom is -0.457 e. The minimum absolute atomic E-state index is 0.732. The second-order valence-electron chi connectivity index (χ2n) is 6.94. The van der Waals surface area contributed by atoms with Crippen LogP contribution < -0.4 is 0 Å². The molecule has 6 heterocycles. The van der Waals surface area contributed by atoms with Crippen LogP contribution in [0.5, 0.6) is 0 Å². The van der Waals surface area contributed by atoms with Gasteiger partial charge in [-0.15, -0.1) is 0 Å². The summed E-state index contributed by atoms with van der Waals surface area (Å²) in [5.74, 6) is 0. The van der Waals surface area contributed by atoms with E-state index in [9.17, 15) is 0 Å². The molecule has 0 amide bonds. The standard InChI is InChI=1S/C24H15N3O2/c1-2-17-12-20-6-7-21(28-20)13-18-3-4-19(26-18)14-22-8-10-24(29-22)23-9-5-16(27-23)11-15(1)25-17/h1-14,25H. The number of hydrogen-bond acceptors (Lipinski definition) is 4. The third-order valence-electron chi connectivity index (χ3n) is 4.78. The maximum absolute atomic E-state index is 5.95. The van der Waals surface area contributed by atoms with Crippen molar-refractivity contribution in [1.29, 1.82) is 0 Å². The summed E-state index contributed by atoms with van der Waals surface area (Å²) >= 11 is 0. The Kier molecular flexibility index (Phi) is 3.40. The Labute approximate surface area is 165 Å². The molecule has 0 fully saturated rings. The van der Waals surface area contributed by atoms with Crippen LogP contribution in [0.1, 0.15) is 22.8 Å². The topological polar surface area (TPSA) is 67.8 Å². The van der Waals surface area contributed by atoms with Gasteiger partial charge in [0.1, 0.15) is 22.4 Å². The molecule has 0 aliphatic carbocycles. The van der Waals surface area contributed by atoms with Gasteiger partial charge in [-0.3, -0.25) is 0 Å². The molecule has 2 aliphatic heterocycles. The molecule has 0 saturated carbocycles. The van der Waals surface area contributed by atoms with Crippen molar-refractivity contribution in [2.45, 2.75) is 0 Å². The lowest BCUT2D eigenvalue weighted by Gasteiger charge is -1.85. The maximum Gasteiger partial charge on any atom is 0.153 e. The molecule has 1 N–H and O–H groups in total. The van der Waals surface area contributed by atoms with E-state index in [1.54, 1.807) is 0 Å². The molecule has 4 aromatic rings. The SMILES string of the molecule is C1=Cc2cc3ccc(o3)c3nc(cc4ccc(cc5ccc(cc1n2)o5)[nH]4)C=C3. The van der Waals surface area contributed by atoms with Crippen molar-refractivity contribution in [3.63, 3.8) is 0 Å². The fourth-order valence-corrected chi connectivity index (χ4v) is 3.44. The third kappa shape index (κ3) is 3.08. The van der Waals surface area contributed by atoms with Crippen molar-refractivity contribution in [2.75, 3.05) is 0 Å². The Morgan fingerprint density at radius 3 is 2.00 bits per heavy atom. The molecular formula is C24H15N3O2. The van der Waals surface area contributed by atoms with Crippen LogP contribution in [0, 0.1) is 0 Å². The predicted octanol–water partition coefficient (Wildman–Crippen LogP) is 6.23. The van der Waals surface area contributed by atoms with E-state index in [4.69, 9.17) is 8.83 Å². The molecule has 10 bridgehead atoms. The normalized spacial score (nSPS) is 12.6. The van der Waals surface area contributed by atoms with Gasteiger partial charge in [0.15, 0.2) is 5.58 Å². The first-order valence-corrected chi connectivity index (χ1v) is 9.32. The molecule has 0 saturated heterocycles. The minimum atomic E-state index is 0.732. The molecule has 0 unspecified atom stereocenters. The van der Waals surface area contributed by atoms with Gasteiger partial charge in [-0.05, 0) is 66.8 Å². The van der Waals surface area contributed by atoms with Gasteiger partial charge in [-0.1, -0.05) is 0 Å². The summed E-state index contributed by atoms with van der Waals surface area (Å²) in [5, 5.41) is 0. The number of furan rings is 2. The van der Waals surface area contributed by atoms with Gasteiger partial charge in [-0.2, -0.15) is 0 Å². The Bertz CT molecular complexity index is 1510. The summed E-state index contributed by atoms with van der Waals surface area (Å²) in [5.41, 5.74) is 8.26. The van der Waals surface area contributed by atoms with E-state index in [0.717, 1.165) is 56.1 Å². The number of rotatable bonds is 0. The molecule has 0 aromatic carbocycles. The van der Waals surface area contributed by atoms with Crippen LogP contribution in [-0.4, -0.2) is 15.0 Å². The number of nitrogens with one attached hydrogen (secondary N) is 1. The molecule has 2 aliphatic rings. The highest BCUT2D eigenvalue weighted by atomic mass is 16.3. The first kappa shape index (κ1) is 15.9. The van der Waals surface area contributed by atoms with Crippen LogP contribution >= 0.6 is 0 Å². The quantitative estimate of drug-likeness (QED) is 0.341. The van der Waals surface area contributed by atoms with Crippen LogP contribution in [0.25, 0.3) is 57.7 Å². The van der Waals surface area contributed by atoms with Crippen molar-refractivity contribution in [3.8, 4) is 0 Å². The number of fused-ring (bicyclic) bond motifs is 11. The van der Waals surface area contributed by atoms with Crippen molar-refractivity contribution in [3.05, 3.63) is 83.4 Å². The van der Waals surface area contributed by atoms with Gasteiger partial charge in [0.25, 0.3) is 0 Å². The van der Waals surface area contributed by atoms with E-state index in [-0.39, 0.29) is 0 Å². The third-order valence-corrected chi connectivity index (χ3v) is 4.78. The smallest absolute Gasteiger partial charge is 0.153 e. The Morgan fingerprint density at radius 1 is 0.552 bits per heavy atom. The lowest BCUT2D eigenvalue weighted by atomic mass is 10.3. The van der Waals surface area contributed by atoms with Crippen LogP contribution in [0.3, 0.4) is 0 Å². The summed E-state index contributed by atoms with van der Waals surface area (Å²) in [6.45, 7) is 0. The predicted molar refractivity (Wildman–Crippen MR) is 115 cm³/mol. The Balaban J connectivity index is 1.66. The highest BCUT2D eigenvalue weighted by molar-refractivity contribution is 5.80. The lowest BCUT2D eigenvalue weighted by Crippen LogP contribution is -1.73. The maximum atomic E-state index is 5.95. The fourth-order valence-electron chi connectivity index (χ4n) is 3.44. The lowest BCUT2D eigenvalue weighted by molar-refractivity contribution is 0.663. The van der Waals surface area contributed by atoms with Gasteiger partial charge < -0.3 is 13.8 Å². The average molecular weight is 377 g/mol. The number of aromatic nitrogens is 3. The molecular weight excluding hydrogens is 362 g/mol. The van der Waals surface area contributed by atoms with E-state index >= 15 is 0 Å². The summed E-state index contributed by atoms with van der Waals surface area (Å²) in [6.07, 6.45) is 7.85. The zero-order valence-electron chi connectivity index (χ0n) is 15.3. The highest BCUT2D eigenvalue weighted by Gasteiger charge is 2.05. The van der Waals surface area contributed by atoms with E-state index in [0.29, 0.717) is 0 Å². The zero-order chi connectivity index (χ0) is 19.2. The molecule has 6 rings (SSSR count). The van der Waals surface area contributed by atoms with Gasteiger partial charge in [0.05, 0.1) is 17.1 Å². The number of H-pyrrole nitrogens is 1. The number of nitrogens with zero attached hydrogens (tertiary/aromatic N) is 2. The van der Waals surface area contributed by atoms with Crippen molar-refractivity contribution in [2.24, 2.45) is 0 Å². The fraction of sp³-hybridized carbons (Fsp3) is 0. The molecule has 0 radical (unpaired) electrons. The molecule has 5 nitrogen and oxygen atoms in total. The van der Waals surface area contributed by atoms with Crippen LogP contribution in [-0.2, 0) is 0 Å². The molecule has 0 spiro atoms. The summed E-state index contributed by atoms with van der Waals surface area (Å²) in [6, 6.07) is 19.6. The molecule has 138 valence electrons. The largest absolute Gasteiger partial charge is 0.457 e. The van der Waals surface area contributed by atoms with Gasteiger partial charge in [-0.25, -0.2) is 9.97 Å². The van der Waals surface area contributed by atoms with Gasteiger partial charge in [0.2, 0.25) is 0 Å². The zero-order valence-corrected chi connectivity index (χ0v) is 15.3. The molecule has 4 aromatic heterocycles. The Morgan fingerprint density at radius 2 is 1.17 bits per heavy atom. The van der Waals surface area contributed by atoms with Crippen molar-refractivity contribution < 1.29 is 8.83 Å². The second-order valence-corrected chi connectivity index (χ2v) is 6.94. The van der Waals surface area contributed by atoms with Crippen molar-refractivity contribution >= 4 is 57.7 Å². The summed E-state index contributed by atoms with van der Waals surface area (Å²) in [7, 11) is 0. The van der Waals surface area contributed by atoms with Crippen LogP contribution in [0.4, 0.5) is 0 Å². The van der Waals surface area contributed by atoms with E-state index < -0.39 is 0 Å². The number of aromatic amines is 1. The first-order valence-electron chi connectivity index (χ1n) is 9.32. The van der Waals surface area contributed by atoms with E-state index in [2.05, 4.69) is 15.0 Å². The molecule has 29 heavy (non-hydrogen) atoms. The monoisotopic (exact) mass is 377 g/mol. The molecule has 5 heteroatoms.